The zero-order valence-corrected chi connectivity index (χ0v) is 21.4. The van der Waals surface area contributed by atoms with E-state index in [9.17, 15) is 9.59 Å². The second kappa shape index (κ2) is 9.63. The Morgan fingerprint density at radius 2 is 1.66 bits per heavy atom. The van der Waals surface area contributed by atoms with Gasteiger partial charge in [-0.15, -0.1) is 0 Å². The van der Waals surface area contributed by atoms with E-state index in [1.165, 1.54) is 24.1 Å². The third-order valence-electron chi connectivity index (χ3n) is 8.71. The molecule has 1 spiro atoms. The molecule has 3 heterocycles. The van der Waals surface area contributed by atoms with Crippen molar-refractivity contribution in [3.8, 4) is 0 Å². The van der Waals surface area contributed by atoms with Gasteiger partial charge in [0.2, 0.25) is 5.91 Å². The minimum atomic E-state index is -0.0221. The first-order valence-corrected chi connectivity index (χ1v) is 13.2. The summed E-state index contributed by atoms with van der Waals surface area (Å²) >= 11 is 0. The highest BCUT2D eigenvalue weighted by Gasteiger charge is 2.39. The minimum absolute atomic E-state index is 0.0221. The number of fused-ring (bicyclic) bond motifs is 1. The molecule has 6 heteroatoms. The van der Waals surface area contributed by atoms with Gasteiger partial charge in [0, 0.05) is 62.8 Å². The van der Waals surface area contributed by atoms with Crippen LogP contribution in [0.4, 0.5) is 5.69 Å². The molecule has 0 saturated carbocycles. The predicted octanol–water partition coefficient (Wildman–Crippen LogP) is 4.71. The highest BCUT2D eigenvalue weighted by Crippen LogP contribution is 2.42. The van der Waals surface area contributed by atoms with Gasteiger partial charge in [-0.25, -0.2) is 0 Å². The van der Waals surface area contributed by atoms with E-state index < -0.39 is 0 Å². The van der Waals surface area contributed by atoms with E-state index in [4.69, 9.17) is 0 Å². The lowest BCUT2D eigenvalue weighted by Gasteiger charge is -2.47. The van der Waals surface area contributed by atoms with Gasteiger partial charge in [-0.2, -0.15) is 0 Å². The number of aryl methyl sites for hydroxylation is 1. The number of anilines is 1. The highest BCUT2D eigenvalue weighted by molar-refractivity contribution is 5.94. The van der Waals surface area contributed by atoms with Crippen LogP contribution in [0.2, 0.25) is 0 Å². The predicted molar refractivity (Wildman–Crippen MR) is 138 cm³/mol. The number of carbonyl (C=O) groups is 2. The molecule has 1 aromatic heterocycles. The SMILES string of the molecule is CC(C)C(=O)N(C)C1CCc2ccc(C(=O)N3CCC4(CC3)CCN(c3ccncc3)CC4)cc21. The maximum Gasteiger partial charge on any atom is 0.253 e. The minimum Gasteiger partial charge on any atom is -0.371 e. The maximum absolute atomic E-state index is 13.5. The van der Waals surface area contributed by atoms with Crippen LogP contribution in [0.5, 0.6) is 0 Å². The summed E-state index contributed by atoms with van der Waals surface area (Å²) in [5, 5.41) is 0. The zero-order valence-electron chi connectivity index (χ0n) is 21.4. The van der Waals surface area contributed by atoms with Crippen LogP contribution in [-0.4, -0.2) is 59.8 Å². The van der Waals surface area contributed by atoms with Gasteiger partial charge < -0.3 is 14.7 Å². The number of likely N-dealkylation sites (tertiary alicyclic amines) is 1. The second-order valence-corrected chi connectivity index (χ2v) is 11.1. The van der Waals surface area contributed by atoms with Gasteiger partial charge in [-0.1, -0.05) is 19.9 Å². The number of piperidine rings is 2. The standard InChI is InChI=1S/C29H38N4O2/c1-21(2)27(34)31(3)26-7-6-22-4-5-23(20-25(22)26)28(35)33-18-12-29(13-19-33)10-16-32(17-11-29)24-8-14-30-15-9-24/h4-5,8-9,14-15,20-21,26H,6-7,10-13,16-19H2,1-3H3. The van der Waals surface area contributed by atoms with Crippen LogP contribution < -0.4 is 4.90 Å². The van der Waals surface area contributed by atoms with E-state index in [0.717, 1.165) is 63.0 Å². The molecular formula is C29H38N4O2. The Bertz CT molecular complexity index is 1070. The van der Waals surface area contributed by atoms with E-state index in [1.54, 1.807) is 0 Å². The van der Waals surface area contributed by atoms with Crippen molar-refractivity contribution in [2.75, 3.05) is 38.1 Å². The Balaban J connectivity index is 1.21. The summed E-state index contributed by atoms with van der Waals surface area (Å²) < 4.78 is 0. The van der Waals surface area contributed by atoms with Gasteiger partial charge in [0.25, 0.3) is 5.91 Å². The third-order valence-corrected chi connectivity index (χ3v) is 8.71. The Kier molecular flexibility index (Phi) is 6.56. The van der Waals surface area contributed by atoms with E-state index >= 15 is 0 Å². The first-order chi connectivity index (χ1) is 16.9. The molecule has 2 aliphatic heterocycles. The molecule has 2 amide bonds. The average molecular weight is 475 g/mol. The number of benzene rings is 1. The number of aromatic nitrogens is 1. The molecule has 35 heavy (non-hydrogen) atoms. The third kappa shape index (κ3) is 4.67. The number of amides is 2. The average Bonchev–Trinajstić information content (AvgIpc) is 3.32. The summed E-state index contributed by atoms with van der Waals surface area (Å²) in [6.45, 7) is 7.71. The number of hydrogen-bond acceptors (Lipinski definition) is 4. The molecular weight excluding hydrogens is 436 g/mol. The lowest BCUT2D eigenvalue weighted by molar-refractivity contribution is -0.135. The summed E-state index contributed by atoms with van der Waals surface area (Å²) in [5.74, 6) is 0.280. The zero-order chi connectivity index (χ0) is 24.6. The molecule has 1 unspecified atom stereocenters. The molecule has 3 aliphatic rings. The van der Waals surface area contributed by atoms with Crippen molar-refractivity contribution in [1.82, 2.24) is 14.8 Å². The molecule has 0 radical (unpaired) electrons. The highest BCUT2D eigenvalue weighted by atomic mass is 16.2. The van der Waals surface area contributed by atoms with Gasteiger partial charge in [0.1, 0.15) is 0 Å². The summed E-state index contributed by atoms with van der Waals surface area (Å²) in [6, 6.07) is 10.4. The van der Waals surface area contributed by atoms with Crippen molar-refractivity contribution < 1.29 is 9.59 Å². The number of hydrogen-bond donors (Lipinski definition) is 0. The molecule has 0 bridgehead atoms. The van der Waals surface area contributed by atoms with Crippen molar-refractivity contribution in [1.29, 1.82) is 0 Å². The number of nitrogens with zero attached hydrogens (tertiary/aromatic N) is 4. The summed E-state index contributed by atoms with van der Waals surface area (Å²) in [4.78, 5) is 36.6. The molecule has 6 nitrogen and oxygen atoms in total. The molecule has 2 aromatic rings. The quantitative estimate of drug-likeness (QED) is 0.644. The Hall–Kier alpha value is -2.89. The molecule has 2 fully saturated rings. The normalized spacial score (nSPS) is 21.3. The Labute approximate surface area is 209 Å². The fourth-order valence-corrected chi connectivity index (χ4v) is 6.34. The van der Waals surface area contributed by atoms with E-state index in [0.29, 0.717) is 5.41 Å². The summed E-state index contributed by atoms with van der Waals surface area (Å²) in [7, 11) is 1.90. The Morgan fingerprint density at radius 3 is 2.31 bits per heavy atom. The topological polar surface area (TPSA) is 56.8 Å². The van der Waals surface area contributed by atoms with Crippen molar-refractivity contribution in [3.05, 3.63) is 59.4 Å². The first kappa shape index (κ1) is 23.8. The molecule has 1 atom stereocenters. The molecule has 5 rings (SSSR count). The summed E-state index contributed by atoms with van der Waals surface area (Å²) in [5.41, 5.74) is 4.82. The van der Waals surface area contributed by atoms with E-state index in [1.807, 2.05) is 44.3 Å². The van der Waals surface area contributed by atoms with Crippen LogP contribution in [0.3, 0.4) is 0 Å². The number of carbonyl (C=O) groups excluding carboxylic acids is 2. The van der Waals surface area contributed by atoms with E-state index in [-0.39, 0.29) is 23.8 Å². The van der Waals surface area contributed by atoms with Crippen LogP contribution in [0.25, 0.3) is 0 Å². The van der Waals surface area contributed by atoms with Gasteiger partial charge in [-0.05, 0) is 79.3 Å². The van der Waals surface area contributed by atoms with Gasteiger partial charge in [-0.3, -0.25) is 14.6 Å². The first-order valence-electron chi connectivity index (χ1n) is 13.2. The lowest BCUT2D eigenvalue weighted by atomic mass is 9.71. The van der Waals surface area contributed by atoms with E-state index in [2.05, 4.69) is 39.0 Å². The van der Waals surface area contributed by atoms with Crippen molar-refractivity contribution in [2.24, 2.45) is 11.3 Å². The molecule has 0 N–H and O–H groups in total. The van der Waals surface area contributed by atoms with Crippen molar-refractivity contribution in [2.45, 2.75) is 58.4 Å². The van der Waals surface area contributed by atoms with Crippen LogP contribution in [-0.2, 0) is 11.2 Å². The number of pyridine rings is 1. The largest absolute Gasteiger partial charge is 0.371 e. The lowest BCUT2D eigenvalue weighted by Crippen LogP contribution is -2.48. The summed E-state index contributed by atoms with van der Waals surface area (Å²) in [6.07, 6.45) is 10.2. The number of rotatable bonds is 4. The fraction of sp³-hybridized carbons (Fsp3) is 0.552. The van der Waals surface area contributed by atoms with Crippen LogP contribution in [0.1, 0.15) is 73.5 Å². The molecule has 2 saturated heterocycles. The Morgan fingerprint density at radius 1 is 1.00 bits per heavy atom. The van der Waals surface area contributed by atoms with Gasteiger partial charge in [0.15, 0.2) is 0 Å². The maximum atomic E-state index is 13.5. The fourth-order valence-electron chi connectivity index (χ4n) is 6.34. The van der Waals surface area contributed by atoms with Crippen LogP contribution >= 0.6 is 0 Å². The smallest absolute Gasteiger partial charge is 0.253 e. The monoisotopic (exact) mass is 474 g/mol. The van der Waals surface area contributed by atoms with Crippen LogP contribution in [0.15, 0.2) is 42.7 Å². The van der Waals surface area contributed by atoms with Gasteiger partial charge in [0.05, 0.1) is 6.04 Å². The van der Waals surface area contributed by atoms with Crippen molar-refractivity contribution >= 4 is 17.5 Å². The second-order valence-electron chi connectivity index (χ2n) is 11.1. The molecule has 186 valence electrons. The van der Waals surface area contributed by atoms with Crippen molar-refractivity contribution in [3.63, 3.8) is 0 Å². The van der Waals surface area contributed by atoms with Gasteiger partial charge >= 0.3 is 0 Å². The van der Waals surface area contributed by atoms with Crippen LogP contribution in [0, 0.1) is 11.3 Å². The molecule has 1 aromatic carbocycles. The molecule has 1 aliphatic carbocycles.